The molecule has 7 rings (SSSR count). The van der Waals surface area contributed by atoms with Crippen LogP contribution in [-0.2, 0) is 12.1 Å². The number of halogens is 1. The van der Waals surface area contributed by atoms with E-state index in [9.17, 15) is 5.26 Å². The molecule has 238 valence electrons. The second kappa shape index (κ2) is 16.3. The van der Waals surface area contributed by atoms with Crippen molar-refractivity contribution in [3.8, 4) is 6.19 Å². The van der Waals surface area contributed by atoms with E-state index < -0.39 is 22.8 Å². The average molecular weight is 760 g/mol. The molecule has 0 amide bonds. The monoisotopic (exact) mass is 760 g/mol. The van der Waals surface area contributed by atoms with Gasteiger partial charge in [-0.25, -0.2) is 0 Å². The fraction of sp³-hybridized carbons (Fsp3) is 0.0444. The summed E-state index contributed by atoms with van der Waals surface area (Å²) in [6.07, 6.45) is 2.52. The van der Waals surface area contributed by atoms with Crippen LogP contribution in [0.5, 0.6) is 0 Å². The van der Waals surface area contributed by atoms with E-state index in [0.29, 0.717) is 6.54 Å². The van der Waals surface area contributed by atoms with Crippen molar-refractivity contribution in [2.75, 3.05) is 0 Å². The molecular formula is C45H37ClN2Sn. The molecule has 0 aliphatic rings. The van der Waals surface area contributed by atoms with Crippen LogP contribution in [-0.4, -0.2) is 22.2 Å². The van der Waals surface area contributed by atoms with Gasteiger partial charge in [0.05, 0.1) is 6.54 Å². The van der Waals surface area contributed by atoms with Crippen LogP contribution >= 0.6 is 8.92 Å². The maximum atomic E-state index is 10.4. The van der Waals surface area contributed by atoms with E-state index in [-0.39, 0.29) is 0 Å². The molecule has 0 saturated carbocycles. The molecule has 0 N–H and O–H groups in total. The molecule has 49 heavy (non-hydrogen) atoms. The van der Waals surface area contributed by atoms with Crippen LogP contribution in [0, 0.1) is 11.5 Å². The topological polar surface area (TPSA) is 27.0 Å². The van der Waals surface area contributed by atoms with Gasteiger partial charge < -0.3 is 0 Å². The molecule has 7 aromatic carbocycles. The second-order valence-corrected chi connectivity index (χ2v) is 24.2. The van der Waals surface area contributed by atoms with Crippen LogP contribution in [0.25, 0.3) is 0 Å². The van der Waals surface area contributed by atoms with Crippen LogP contribution in [0.2, 0.25) is 0 Å². The molecule has 0 aromatic heterocycles. The number of hydrogen-bond donors (Lipinski definition) is 0. The third kappa shape index (κ3) is 7.34. The van der Waals surface area contributed by atoms with E-state index in [0.717, 1.165) is 22.3 Å². The summed E-state index contributed by atoms with van der Waals surface area (Å²) in [5.41, 5.74) is 3.56. The zero-order chi connectivity index (χ0) is 33.8. The second-order valence-electron chi connectivity index (χ2n) is 11.7. The molecule has 2 nitrogen and oxygen atoms in total. The first kappa shape index (κ1) is 33.8. The predicted molar refractivity (Wildman–Crippen MR) is 207 cm³/mol. The Kier molecular flexibility index (Phi) is 11.3. The summed E-state index contributed by atoms with van der Waals surface area (Å²) in [5.74, 6) is 0. The normalized spacial score (nSPS) is 11.0. The maximum absolute atomic E-state index is 10.4. The van der Waals surface area contributed by atoms with Crippen molar-refractivity contribution in [3.05, 3.63) is 235 Å². The molecule has 0 atom stereocenters. The Hall–Kier alpha value is -5.08. The molecule has 7 aromatic rings. The summed E-state index contributed by atoms with van der Waals surface area (Å²) >= 11 is -3.30. The van der Waals surface area contributed by atoms with E-state index >= 15 is 0 Å². The minimum atomic E-state index is -3.30. The Morgan fingerprint density at radius 3 is 0.980 bits per heavy atom. The van der Waals surface area contributed by atoms with Gasteiger partial charge in [-0.15, -0.1) is 0 Å². The van der Waals surface area contributed by atoms with Gasteiger partial charge in [0.25, 0.3) is 0 Å². The number of nitrogens with zero attached hydrogens (tertiary/aromatic N) is 2. The van der Waals surface area contributed by atoms with Crippen molar-refractivity contribution in [2.45, 2.75) is 12.1 Å². The number of benzene rings is 7. The SMILES string of the molecule is N#CN(Cc1ccccc1)C(c1ccccc1)(c1ccccc1)c1ccccc1.[Cl][Sn]([c]1ccccc1)([c]1ccccc1)[c]1ccccc1. The Morgan fingerprint density at radius 1 is 0.429 bits per heavy atom. The van der Waals surface area contributed by atoms with Gasteiger partial charge in [0, 0.05) is 0 Å². The quantitative estimate of drug-likeness (QED) is 0.0637. The number of hydrogen-bond acceptors (Lipinski definition) is 2. The molecule has 0 aliphatic carbocycles. The van der Waals surface area contributed by atoms with E-state index in [1.807, 2.05) is 95.9 Å². The van der Waals surface area contributed by atoms with Crippen LogP contribution in [0.1, 0.15) is 22.3 Å². The van der Waals surface area contributed by atoms with Crippen molar-refractivity contribution >= 4 is 36.9 Å². The third-order valence-corrected chi connectivity index (χ3v) is 22.9. The fourth-order valence-corrected chi connectivity index (χ4v) is 17.5. The van der Waals surface area contributed by atoms with Gasteiger partial charge in [-0.1, -0.05) is 121 Å². The molecule has 4 heteroatoms. The van der Waals surface area contributed by atoms with Gasteiger partial charge in [0.2, 0.25) is 0 Å². The van der Waals surface area contributed by atoms with Gasteiger partial charge in [-0.3, -0.25) is 4.90 Å². The molecule has 0 fully saturated rings. The molecule has 0 heterocycles. The van der Waals surface area contributed by atoms with Crippen molar-refractivity contribution in [2.24, 2.45) is 0 Å². The summed E-state index contributed by atoms with van der Waals surface area (Å²) in [6, 6.07) is 72.7. The standard InChI is InChI=1S/C27H22N2.3C6H5.ClH.Sn/c28-22-29(21-23-13-5-1-6-14-23)27(24-15-7-2-8-16-24,25-17-9-3-10-18-25)26-19-11-4-12-20-26;3*1-2-4-6-5-3-1;;/h1-20H,21H2;3*1-5H;1H;/q;;;;;+1/p-1. The van der Waals surface area contributed by atoms with Crippen molar-refractivity contribution in [1.82, 2.24) is 4.90 Å². The predicted octanol–water partition coefficient (Wildman–Crippen LogP) is 8.85. The van der Waals surface area contributed by atoms with Gasteiger partial charge in [0.1, 0.15) is 5.54 Å². The molecule has 0 aliphatic heterocycles. The van der Waals surface area contributed by atoms with Crippen LogP contribution in [0.3, 0.4) is 0 Å². The van der Waals surface area contributed by atoms with Crippen LogP contribution in [0.15, 0.2) is 212 Å². The van der Waals surface area contributed by atoms with Gasteiger partial charge in [0.15, 0.2) is 6.19 Å². The van der Waals surface area contributed by atoms with E-state index in [1.54, 1.807) is 0 Å². The Balaban J connectivity index is 0.000000182. The third-order valence-electron chi connectivity index (χ3n) is 8.80. The van der Waals surface area contributed by atoms with Crippen LogP contribution in [0.4, 0.5) is 0 Å². The van der Waals surface area contributed by atoms with Gasteiger partial charge >= 0.3 is 128 Å². The minimum absolute atomic E-state index is 0.510. The molecule has 0 bridgehead atoms. The zero-order valence-corrected chi connectivity index (χ0v) is 30.8. The number of rotatable bonds is 9. The summed E-state index contributed by atoms with van der Waals surface area (Å²) in [4.78, 5) is 1.89. The molecule has 0 radical (unpaired) electrons. The van der Waals surface area contributed by atoms with E-state index in [2.05, 4.69) is 128 Å². The fourth-order valence-electron chi connectivity index (χ4n) is 6.50. The Labute approximate surface area is 298 Å². The van der Waals surface area contributed by atoms with Crippen LogP contribution < -0.4 is 10.7 Å². The summed E-state index contributed by atoms with van der Waals surface area (Å²) in [7, 11) is 7.33. The van der Waals surface area contributed by atoms with Gasteiger partial charge in [-0.05, 0) is 22.3 Å². The zero-order valence-electron chi connectivity index (χ0n) is 27.2. The summed E-state index contributed by atoms with van der Waals surface area (Å²) in [6.45, 7) is 0.510. The summed E-state index contributed by atoms with van der Waals surface area (Å²) in [5, 5.41) is 10.4. The molecule has 0 saturated heterocycles. The van der Waals surface area contributed by atoms with Crippen molar-refractivity contribution < 1.29 is 0 Å². The first-order valence-corrected chi connectivity index (χ1v) is 24.3. The van der Waals surface area contributed by atoms with Gasteiger partial charge in [-0.2, -0.15) is 5.26 Å². The van der Waals surface area contributed by atoms with E-state index in [1.165, 1.54) is 10.7 Å². The number of nitriles is 1. The first-order chi connectivity index (χ1) is 24.2. The van der Waals surface area contributed by atoms with E-state index in [4.69, 9.17) is 8.92 Å². The molecular weight excluding hydrogens is 723 g/mol. The molecule has 0 unspecified atom stereocenters. The van der Waals surface area contributed by atoms with Crippen molar-refractivity contribution in [1.29, 1.82) is 5.26 Å². The summed E-state index contributed by atoms with van der Waals surface area (Å²) < 4.78 is 3.88. The Morgan fingerprint density at radius 2 is 0.694 bits per heavy atom. The first-order valence-electron chi connectivity index (χ1n) is 16.4. The van der Waals surface area contributed by atoms with Crippen molar-refractivity contribution in [3.63, 3.8) is 0 Å². The average Bonchev–Trinajstić information content (AvgIpc) is 3.20. The molecule has 0 spiro atoms. The Bertz CT molecular complexity index is 1840.